The van der Waals surface area contributed by atoms with Gasteiger partial charge in [0.1, 0.15) is 0 Å². The molecule has 0 amide bonds. The molecule has 0 fully saturated rings. The molecule has 0 saturated carbocycles. The molecule has 0 saturated heterocycles. The lowest BCUT2D eigenvalue weighted by Crippen LogP contribution is -2.05. The standard InChI is InChI=1S/C27H34S/c1-6-10-20(7-2)25-15-18(4)13-14-23(25)22-16-19(5)27-21(8-3)11-9-12-24(27)26(28)17-22/h9,11-15,17,19-20H,6-8,10,16H2,1-5H3. The maximum Gasteiger partial charge on any atom is 0.0455 e. The predicted octanol–water partition coefficient (Wildman–Crippen LogP) is 8.16. The summed E-state index contributed by atoms with van der Waals surface area (Å²) in [6.07, 6.45) is 8.09. The molecule has 148 valence electrons. The van der Waals surface area contributed by atoms with Crippen molar-refractivity contribution in [3.05, 3.63) is 75.9 Å². The van der Waals surface area contributed by atoms with E-state index >= 15 is 0 Å². The summed E-state index contributed by atoms with van der Waals surface area (Å²) in [6.45, 7) is 11.5. The van der Waals surface area contributed by atoms with Crippen LogP contribution in [0, 0.1) is 6.92 Å². The van der Waals surface area contributed by atoms with Crippen molar-refractivity contribution >= 4 is 22.7 Å². The summed E-state index contributed by atoms with van der Waals surface area (Å²) in [5.74, 6) is 1.11. The minimum atomic E-state index is 0.484. The van der Waals surface area contributed by atoms with Gasteiger partial charge in [-0.1, -0.05) is 88.3 Å². The molecule has 0 N–H and O–H groups in total. The maximum absolute atomic E-state index is 5.92. The summed E-state index contributed by atoms with van der Waals surface area (Å²) in [7, 11) is 0. The molecule has 1 aliphatic rings. The van der Waals surface area contributed by atoms with Crippen molar-refractivity contribution in [1.29, 1.82) is 0 Å². The van der Waals surface area contributed by atoms with Crippen molar-refractivity contribution in [2.24, 2.45) is 0 Å². The molecule has 3 rings (SSSR count). The second kappa shape index (κ2) is 9.18. The quantitative estimate of drug-likeness (QED) is 0.448. The lowest BCUT2D eigenvalue weighted by Gasteiger charge is -2.23. The third kappa shape index (κ3) is 4.15. The van der Waals surface area contributed by atoms with Crippen LogP contribution in [-0.4, -0.2) is 4.86 Å². The number of hydrogen-bond acceptors (Lipinski definition) is 1. The first-order valence-electron chi connectivity index (χ1n) is 11.0. The van der Waals surface area contributed by atoms with E-state index in [2.05, 4.69) is 77.1 Å². The molecule has 0 bridgehead atoms. The van der Waals surface area contributed by atoms with Gasteiger partial charge in [-0.2, -0.15) is 0 Å². The number of benzene rings is 2. The van der Waals surface area contributed by atoms with Gasteiger partial charge in [-0.3, -0.25) is 0 Å². The average Bonchev–Trinajstić information content (AvgIpc) is 2.82. The SMILES string of the molecule is CCCC(CC)c1cc(C)ccc1C1=CC(=S)c2cccc(CC)c2C(C)C1. The highest BCUT2D eigenvalue weighted by Gasteiger charge is 2.24. The summed E-state index contributed by atoms with van der Waals surface area (Å²) in [6, 6.07) is 13.7. The van der Waals surface area contributed by atoms with Gasteiger partial charge in [0, 0.05) is 4.86 Å². The van der Waals surface area contributed by atoms with Crippen LogP contribution in [0.2, 0.25) is 0 Å². The van der Waals surface area contributed by atoms with E-state index in [9.17, 15) is 0 Å². The van der Waals surface area contributed by atoms with E-state index in [1.54, 1.807) is 0 Å². The van der Waals surface area contributed by atoms with Crippen molar-refractivity contribution in [3.8, 4) is 0 Å². The van der Waals surface area contributed by atoms with E-state index in [1.165, 1.54) is 58.2 Å². The topological polar surface area (TPSA) is 0 Å². The van der Waals surface area contributed by atoms with Gasteiger partial charge in [0.05, 0.1) is 0 Å². The Kier molecular flexibility index (Phi) is 6.88. The molecule has 2 aromatic rings. The first kappa shape index (κ1) is 21.0. The summed E-state index contributed by atoms with van der Waals surface area (Å²) in [5.41, 5.74) is 9.90. The van der Waals surface area contributed by atoms with Crippen molar-refractivity contribution in [3.63, 3.8) is 0 Å². The summed E-state index contributed by atoms with van der Waals surface area (Å²) in [4.78, 5) is 1.000. The molecule has 0 spiro atoms. The van der Waals surface area contributed by atoms with Crippen LogP contribution in [0.4, 0.5) is 0 Å². The van der Waals surface area contributed by atoms with E-state index in [1.807, 2.05) is 0 Å². The minimum absolute atomic E-state index is 0.484. The van der Waals surface area contributed by atoms with Crippen LogP contribution in [-0.2, 0) is 6.42 Å². The molecule has 2 unspecified atom stereocenters. The Labute approximate surface area is 177 Å². The molecule has 0 aromatic heterocycles. The lowest BCUT2D eigenvalue weighted by atomic mass is 9.82. The summed E-state index contributed by atoms with van der Waals surface area (Å²) >= 11 is 5.92. The van der Waals surface area contributed by atoms with E-state index in [-0.39, 0.29) is 0 Å². The van der Waals surface area contributed by atoms with Crippen LogP contribution in [0.5, 0.6) is 0 Å². The average molecular weight is 391 g/mol. The van der Waals surface area contributed by atoms with E-state index in [0.29, 0.717) is 11.8 Å². The number of rotatable bonds is 6. The molecule has 1 aliphatic carbocycles. The fourth-order valence-corrected chi connectivity index (χ4v) is 5.19. The van der Waals surface area contributed by atoms with Crippen molar-refractivity contribution in [1.82, 2.24) is 0 Å². The number of allylic oxidation sites excluding steroid dienone is 2. The van der Waals surface area contributed by atoms with Crippen LogP contribution in [0.3, 0.4) is 0 Å². The molecule has 0 heterocycles. The first-order valence-corrected chi connectivity index (χ1v) is 11.4. The van der Waals surface area contributed by atoms with Gasteiger partial charge >= 0.3 is 0 Å². The van der Waals surface area contributed by atoms with Crippen LogP contribution >= 0.6 is 12.2 Å². The van der Waals surface area contributed by atoms with Crippen LogP contribution < -0.4 is 0 Å². The highest BCUT2D eigenvalue weighted by atomic mass is 32.1. The van der Waals surface area contributed by atoms with E-state index in [0.717, 1.165) is 17.7 Å². The Hall–Kier alpha value is -1.73. The van der Waals surface area contributed by atoms with Gasteiger partial charge in [0.25, 0.3) is 0 Å². The van der Waals surface area contributed by atoms with Gasteiger partial charge in [0.15, 0.2) is 0 Å². The smallest absolute Gasteiger partial charge is 0.0455 e. The zero-order valence-electron chi connectivity index (χ0n) is 18.1. The van der Waals surface area contributed by atoms with Crippen LogP contribution in [0.1, 0.15) is 98.6 Å². The van der Waals surface area contributed by atoms with Gasteiger partial charge < -0.3 is 0 Å². The Balaban J connectivity index is 2.10. The second-order valence-electron chi connectivity index (χ2n) is 8.36. The van der Waals surface area contributed by atoms with Crippen LogP contribution in [0.15, 0.2) is 42.5 Å². The number of thiocarbonyl (C=S) groups is 1. The summed E-state index contributed by atoms with van der Waals surface area (Å²) in [5, 5.41) is 0. The third-order valence-corrected chi connectivity index (χ3v) is 6.63. The van der Waals surface area contributed by atoms with Crippen molar-refractivity contribution in [2.75, 3.05) is 0 Å². The monoisotopic (exact) mass is 390 g/mol. The molecule has 0 radical (unpaired) electrons. The predicted molar refractivity (Wildman–Crippen MR) is 128 cm³/mol. The lowest BCUT2D eigenvalue weighted by molar-refractivity contribution is 0.594. The second-order valence-corrected chi connectivity index (χ2v) is 8.80. The fraction of sp³-hybridized carbons (Fsp3) is 0.444. The van der Waals surface area contributed by atoms with Gasteiger partial charge in [-0.05, 0) is 83.9 Å². The molecule has 1 heteroatoms. The molecule has 28 heavy (non-hydrogen) atoms. The van der Waals surface area contributed by atoms with E-state index in [4.69, 9.17) is 12.2 Å². The Morgan fingerprint density at radius 1 is 1.07 bits per heavy atom. The highest BCUT2D eigenvalue weighted by molar-refractivity contribution is 7.81. The zero-order chi connectivity index (χ0) is 20.3. The summed E-state index contributed by atoms with van der Waals surface area (Å²) < 4.78 is 0. The number of hydrogen-bond donors (Lipinski definition) is 0. The highest BCUT2D eigenvalue weighted by Crippen LogP contribution is 2.40. The van der Waals surface area contributed by atoms with Crippen molar-refractivity contribution in [2.45, 2.75) is 78.6 Å². The van der Waals surface area contributed by atoms with Gasteiger partial charge in [0.2, 0.25) is 0 Å². The van der Waals surface area contributed by atoms with Crippen LogP contribution in [0.25, 0.3) is 5.57 Å². The minimum Gasteiger partial charge on any atom is -0.0794 e. The molecular weight excluding hydrogens is 356 g/mol. The Bertz CT molecular complexity index is 887. The molecule has 0 nitrogen and oxygen atoms in total. The number of aryl methyl sites for hydroxylation is 2. The van der Waals surface area contributed by atoms with Crippen molar-refractivity contribution < 1.29 is 0 Å². The maximum atomic E-state index is 5.92. The third-order valence-electron chi connectivity index (χ3n) is 6.29. The largest absolute Gasteiger partial charge is 0.0794 e. The number of fused-ring (bicyclic) bond motifs is 1. The van der Waals surface area contributed by atoms with E-state index < -0.39 is 0 Å². The van der Waals surface area contributed by atoms with Gasteiger partial charge in [-0.25, -0.2) is 0 Å². The molecular formula is C27H34S. The normalized spacial score (nSPS) is 17.7. The Morgan fingerprint density at radius 3 is 2.54 bits per heavy atom. The Morgan fingerprint density at radius 2 is 1.86 bits per heavy atom. The van der Waals surface area contributed by atoms with Gasteiger partial charge in [-0.15, -0.1) is 0 Å². The molecule has 2 atom stereocenters. The zero-order valence-corrected chi connectivity index (χ0v) is 19.0. The molecule has 2 aromatic carbocycles. The molecule has 0 aliphatic heterocycles. The fourth-order valence-electron chi connectivity index (χ4n) is 4.87. The first-order chi connectivity index (χ1) is 13.5.